The molecule has 0 aliphatic heterocycles. The van der Waals surface area contributed by atoms with Crippen LogP contribution in [0.2, 0.25) is 0 Å². The van der Waals surface area contributed by atoms with E-state index in [1.54, 1.807) is 0 Å². The van der Waals surface area contributed by atoms with Crippen LogP contribution in [0, 0.1) is 0 Å². The van der Waals surface area contributed by atoms with Gasteiger partial charge in [-0.1, -0.05) is 0 Å². The molecule has 0 atom stereocenters. The van der Waals surface area contributed by atoms with Crippen LogP contribution in [-0.4, -0.2) is 26.2 Å². The molecule has 1 rings (SSSR count). The quantitative estimate of drug-likeness (QED) is 0.584. The number of esters is 2. The molecule has 0 spiro atoms. The van der Waals surface area contributed by atoms with Crippen molar-refractivity contribution in [2.24, 2.45) is 0 Å². The zero-order chi connectivity index (χ0) is 10.6. The number of rotatable bonds is 2. The Kier molecular flexibility index (Phi) is 5.67. The van der Waals surface area contributed by atoms with Crippen molar-refractivity contribution in [2.45, 2.75) is 0 Å². The van der Waals surface area contributed by atoms with Gasteiger partial charge in [0.2, 0.25) is 0 Å². The van der Waals surface area contributed by atoms with Crippen LogP contribution >= 0.6 is 0 Å². The molecule has 81 valence electrons. The molecular weight excluding hydrogens is 239 g/mol. The van der Waals surface area contributed by atoms with Gasteiger partial charge in [-0.25, -0.2) is 9.59 Å². The minimum atomic E-state index is -0.429. The van der Waals surface area contributed by atoms with E-state index in [9.17, 15) is 9.59 Å². The molecule has 0 aliphatic rings. The first-order valence-electron chi connectivity index (χ1n) is 3.95. The van der Waals surface area contributed by atoms with E-state index in [1.807, 2.05) is 0 Å². The van der Waals surface area contributed by atoms with Crippen molar-refractivity contribution in [3.63, 3.8) is 0 Å². The van der Waals surface area contributed by atoms with Gasteiger partial charge in [-0.2, -0.15) is 0 Å². The molecule has 4 nitrogen and oxygen atoms in total. The molecule has 0 heterocycles. The van der Waals surface area contributed by atoms with E-state index >= 15 is 0 Å². The van der Waals surface area contributed by atoms with Gasteiger partial charge in [0, 0.05) is 17.1 Å². The number of carbonyl (C=O) groups is 2. The molecule has 0 unspecified atom stereocenters. The summed E-state index contributed by atoms with van der Waals surface area (Å²) in [4.78, 5) is 22.1. The van der Waals surface area contributed by atoms with Crippen LogP contribution < -0.4 is 0 Å². The first-order chi connectivity index (χ1) is 6.69. The van der Waals surface area contributed by atoms with Crippen molar-refractivity contribution < 1.29 is 36.1 Å². The van der Waals surface area contributed by atoms with Crippen LogP contribution in [0.4, 0.5) is 0 Å². The Bertz CT molecular complexity index is 310. The fourth-order valence-corrected chi connectivity index (χ4v) is 0.978. The Morgan fingerprint density at radius 2 is 1.13 bits per heavy atom. The van der Waals surface area contributed by atoms with Crippen LogP contribution in [0.5, 0.6) is 0 Å². The summed E-state index contributed by atoms with van der Waals surface area (Å²) in [6.07, 6.45) is 0. The van der Waals surface area contributed by atoms with Crippen molar-refractivity contribution in [2.75, 3.05) is 14.2 Å². The SMILES string of the molecule is COC(=O)c1ccc(C(=O)OC)cc1.[Mn]. The smallest absolute Gasteiger partial charge is 0.337 e. The standard InChI is InChI=1S/C10H10O4.Mn/c1-13-9(11)7-3-5-8(6-4-7)10(12)14-2;/h3-6H,1-2H3;. The number of ether oxygens (including phenoxy) is 2. The van der Waals surface area contributed by atoms with Crippen molar-refractivity contribution >= 4 is 11.9 Å². The molecule has 5 heteroatoms. The normalized spacial score (nSPS) is 8.67. The van der Waals surface area contributed by atoms with Crippen LogP contribution in [0.15, 0.2) is 24.3 Å². The summed E-state index contributed by atoms with van der Waals surface area (Å²) < 4.78 is 9.02. The molecule has 15 heavy (non-hydrogen) atoms. The summed E-state index contributed by atoms with van der Waals surface area (Å²) in [5, 5.41) is 0. The van der Waals surface area contributed by atoms with Crippen molar-refractivity contribution in [3.05, 3.63) is 35.4 Å². The van der Waals surface area contributed by atoms with Crippen molar-refractivity contribution in [1.82, 2.24) is 0 Å². The predicted octanol–water partition coefficient (Wildman–Crippen LogP) is 1.26. The van der Waals surface area contributed by atoms with E-state index in [0.29, 0.717) is 11.1 Å². The number of carbonyl (C=O) groups excluding carboxylic acids is 2. The van der Waals surface area contributed by atoms with E-state index in [2.05, 4.69) is 9.47 Å². The Labute approximate surface area is 98.0 Å². The summed E-state index contributed by atoms with van der Waals surface area (Å²) >= 11 is 0. The zero-order valence-corrected chi connectivity index (χ0v) is 9.50. The van der Waals surface area contributed by atoms with Crippen LogP contribution in [-0.2, 0) is 26.5 Å². The van der Waals surface area contributed by atoms with Gasteiger partial charge >= 0.3 is 11.9 Å². The first-order valence-corrected chi connectivity index (χ1v) is 3.95. The van der Waals surface area contributed by atoms with Gasteiger partial charge in [-0.05, 0) is 24.3 Å². The minimum Gasteiger partial charge on any atom is -0.465 e. The number of hydrogen-bond acceptors (Lipinski definition) is 4. The summed E-state index contributed by atoms with van der Waals surface area (Å²) in [5.41, 5.74) is 0.806. The van der Waals surface area contributed by atoms with E-state index in [-0.39, 0.29) is 17.1 Å². The molecule has 0 fully saturated rings. The molecule has 0 amide bonds. The molecule has 0 bridgehead atoms. The summed E-state index contributed by atoms with van der Waals surface area (Å²) in [6.45, 7) is 0. The maximum Gasteiger partial charge on any atom is 0.337 e. The van der Waals surface area contributed by atoms with Gasteiger partial charge in [0.15, 0.2) is 0 Å². The Balaban J connectivity index is 0.00000196. The monoisotopic (exact) mass is 249 g/mol. The van der Waals surface area contributed by atoms with E-state index in [1.165, 1.54) is 38.5 Å². The average Bonchev–Trinajstić information content (AvgIpc) is 2.27. The van der Waals surface area contributed by atoms with Gasteiger partial charge in [0.25, 0.3) is 0 Å². The fourth-order valence-electron chi connectivity index (χ4n) is 0.978. The molecule has 1 radical (unpaired) electrons. The van der Waals surface area contributed by atoms with Gasteiger partial charge in [-0.3, -0.25) is 0 Å². The molecule has 0 aliphatic carbocycles. The second-order valence-corrected chi connectivity index (χ2v) is 2.56. The zero-order valence-electron chi connectivity index (χ0n) is 8.32. The largest absolute Gasteiger partial charge is 0.465 e. The van der Waals surface area contributed by atoms with Crippen LogP contribution in [0.25, 0.3) is 0 Å². The number of benzene rings is 1. The second-order valence-electron chi connectivity index (χ2n) is 2.56. The van der Waals surface area contributed by atoms with Gasteiger partial charge in [0.1, 0.15) is 0 Å². The third-order valence-electron chi connectivity index (χ3n) is 1.73. The van der Waals surface area contributed by atoms with E-state index in [0.717, 1.165) is 0 Å². The van der Waals surface area contributed by atoms with Gasteiger partial charge in [0.05, 0.1) is 25.3 Å². The summed E-state index contributed by atoms with van der Waals surface area (Å²) in [7, 11) is 2.60. The molecular formula is C10H10MnO4. The van der Waals surface area contributed by atoms with Gasteiger partial charge < -0.3 is 9.47 Å². The fraction of sp³-hybridized carbons (Fsp3) is 0.200. The first kappa shape index (κ1) is 13.7. The third kappa shape index (κ3) is 3.38. The minimum absolute atomic E-state index is 0. The predicted molar refractivity (Wildman–Crippen MR) is 49.1 cm³/mol. The van der Waals surface area contributed by atoms with Crippen molar-refractivity contribution in [1.29, 1.82) is 0 Å². The van der Waals surface area contributed by atoms with Crippen LogP contribution in [0.3, 0.4) is 0 Å². The summed E-state index contributed by atoms with van der Waals surface area (Å²) in [5.74, 6) is -0.858. The maximum absolute atomic E-state index is 11.0. The second kappa shape index (κ2) is 6.22. The molecule has 0 saturated heterocycles. The maximum atomic E-state index is 11.0. The molecule has 1 aromatic carbocycles. The Morgan fingerprint density at radius 1 is 0.867 bits per heavy atom. The average molecular weight is 249 g/mol. The van der Waals surface area contributed by atoms with E-state index in [4.69, 9.17) is 0 Å². The van der Waals surface area contributed by atoms with Crippen LogP contribution in [0.1, 0.15) is 20.7 Å². The topological polar surface area (TPSA) is 52.6 Å². The molecule has 0 aromatic heterocycles. The number of hydrogen-bond donors (Lipinski definition) is 0. The third-order valence-corrected chi connectivity index (χ3v) is 1.73. The summed E-state index contributed by atoms with van der Waals surface area (Å²) in [6, 6.07) is 6.05. The van der Waals surface area contributed by atoms with Crippen molar-refractivity contribution in [3.8, 4) is 0 Å². The van der Waals surface area contributed by atoms with E-state index < -0.39 is 11.9 Å². The Hall–Kier alpha value is -1.32. The Morgan fingerprint density at radius 3 is 1.33 bits per heavy atom. The van der Waals surface area contributed by atoms with Gasteiger partial charge in [-0.15, -0.1) is 0 Å². The number of methoxy groups -OCH3 is 2. The molecule has 0 saturated carbocycles. The molecule has 0 N–H and O–H groups in total. The molecule has 1 aromatic rings.